The fraction of sp³-hybridized carbons (Fsp3) is 0.333. The predicted octanol–water partition coefficient (Wildman–Crippen LogP) is 4.26. The summed E-state index contributed by atoms with van der Waals surface area (Å²) in [5.74, 6) is 0.743. The minimum atomic E-state index is 0.579. The summed E-state index contributed by atoms with van der Waals surface area (Å²) < 4.78 is 5.77. The van der Waals surface area contributed by atoms with Gasteiger partial charge in [0.25, 0.3) is 0 Å². The van der Waals surface area contributed by atoms with Crippen molar-refractivity contribution in [3.8, 4) is 5.75 Å². The highest BCUT2D eigenvalue weighted by Gasteiger charge is 2.05. The van der Waals surface area contributed by atoms with Crippen LogP contribution >= 0.6 is 22.9 Å². The molecule has 0 spiro atoms. The van der Waals surface area contributed by atoms with Gasteiger partial charge in [-0.2, -0.15) is 0 Å². The van der Waals surface area contributed by atoms with Gasteiger partial charge in [-0.3, -0.25) is 0 Å². The Hall–Kier alpha value is -1.03. The Morgan fingerprint density at radius 1 is 1.21 bits per heavy atom. The maximum Gasteiger partial charge on any atom is 0.138 e. The van der Waals surface area contributed by atoms with Crippen LogP contribution in [0.2, 0.25) is 5.02 Å². The van der Waals surface area contributed by atoms with Gasteiger partial charge in [0.2, 0.25) is 0 Å². The molecule has 2 aromatic rings. The van der Waals surface area contributed by atoms with E-state index in [4.69, 9.17) is 16.3 Å². The van der Waals surface area contributed by atoms with Crippen molar-refractivity contribution in [2.45, 2.75) is 26.5 Å². The van der Waals surface area contributed by atoms with Crippen LogP contribution in [0, 0.1) is 0 Å². The molecule has 0 aliphatic carbocycles. The van der Waals surface area contributed by atoms with Crippen LogP contribution in [0.1, 0.15) is 22.2 Å². The first kappa shape index (κ1) is 14.4. The van der Waals surface area contributed by atoms with Crippen LogP contribution < -0.4 is 10.1 Å². The zero-order valence-corrected chi connectivity index (χ0v) is 12.8. The summed E-state index contributed by atoms with van der Waals surface area (Å²) in [5, 5.41) is 3.77. The van der Waals surface area contributed by atoms with Crippen LogP contribution in [0.25, 0.3) is 0 Å². The average molecular weight is 296 g/mol. The molecular weight excluding hydrogens is 278 g/mol. The molecule has 0 bridgehead atoms. The van der Waals surface area contributed by atoms with Crippen molar-refractivity contribution in [1.82, 2.24) is 5.32 Å². The standard InChI is InChI=1S/C15H18ClNOS/c1-3-12-5-6-13(19-12)10-18-15-7-4-11(9-17-2)8-14(15)16/h4-8,17H,3,9-10H2,1-2H3. The van der Waals surface area contributed by atoms with E-state index in [1.165, 1.54) is 9.75 Å². The summed E-state index contributed by atoms with van der Waals surface area (Å²) >= 11 is 8.01. The molecule has 1 heterocycles. The van der Waals surface area contributed by atoms with E-state index in [-0.39, 0.29) is 0 Å². The lowest BCUT2D eigenvalue weighted by Crippen LogP contribution is -2.05. The predicted molar refractivity (Wildman–Crippen MR) is 82.2 cm³/mol. The largest absolute Gasteiger partial charge is 0.487 e. The third-order valence-electron chi connectivity index (χ3n) is 2.81. The molecule has 19 heavy (non-hydrogen) atoms. The highest BCUT2D eigenvalue weighted by Crippen LogP contribution is 2.27. The quantitative estimate of drug-likeness (QED) is 0.859. The summed E-state index contributed by atoms with van der Waals surface area (Å²) in [7, 11) is 1.92. The SMILES string of the molecule is CCc1ccc(COc2ccc(CNC)cc2Cl)s1. The third-order valence-corrected chi connectivity index (χ3v) is 4.31. The van der Waals surface area contributed by atoms with Crippen molar-refractivity contribution in [3.63, 3.8) is 0 Å². The zero-order chi connectivity index (χ0) is 13.7. The van der Waals surface area contributed by atoms with Gasteiger partial charge in [0.1, 0.15) is 12.4 Å². The molecule has 1 aromatic carbocycles. The molecule has 0 saturated carbocycles. The second kappa shape index (κ2) is 6.94. The topological polar surface area (TPSA) is 21.3 Å². The Bertz CT molecular complexity index is 539. The van der Waals surface area contributed by atoms with Crippen LogP contribution in [0.15, 0.2) is 30.3 Å². The molecule has 0 unspecified atom stereocenters. The van der Waals surface area contributed by atoms with Gasteiger partial charge in [-0.1, -0.05) is 24.6 Å². The van der Waals surface area contributed by atoms with Gasteiger partial charge in [-0.05, 0) is 43.3 Å². The van der Waals surface area contributed by atoms with Gasteiger partial charge >= 0.3 is 0 Å². The molecule has 0 atom stereocenters. The molecule has 2 nitrogen and oxygen atoms in total. The van der Waals surface area contributed by atoms with Crippen LogP contribution in [0.4, 0.5) is 0 Å². The Labute approximate surface area is 123 Å². The van der Waals surface area contributed by atoms with E-state index in [1.54, 1.807) is 11.3 Å². The van der Waals surface area contributed by atoms with Crippen molar-refractivity contribution in [1.29, 1.82) is 0 Å². The van der Waals surface area contributed by atoms with E-state index in [2.05, 4.69) is 24.4 Å². The molecule has 0 aliphatic heterocycles. The van der Waals surface area contributed by atoms with Gasteiger partial charge < -0.3 is 10.1 Å². The average Bonchev–Trinajstić information content (AvgIpc) is 2.86. The molecule has 0 radical (unpaired) electrons. The van der Waals surface area contributed by atoms with Gasteiger partial charge in [0.05, 0.1) is 5.02 Å². The highest BCUT2D eigenvalue weighted by molar-refractivity contribution is 7.11. The second-order valence-electron chi connectivity index (χ2n) is 4.31. The Morgan fingerprint density at radius 3 is 2.63 bits per heavy atom. The molecule has 102 valence electrons. The molecular formula is C15H18ClNOS. The van der Waals surface area contributed by atoms with Crippen LogP contribution in [0.3, 0.4) is 0 Å². The molecule has 0 fully saturated rings. The van der Waals surface area contributed by atoms with Crippen LogP contribution in [-0.4, -0.2) is 7.05 Å². The molecule has 0 aliphatic rings. The van der Waals surface area contributed by atoms with E-state index in [0.29, 0.717) is 11.6 Å². The Balaban J connectivity index is 1.99. The van der Waals surface area contributed by atoms with E-state index < -0.39 is 0 Å². The normalized spacial score (nSPS) is 10.7. The first-order valence-electron chi connectivity index (χ1n) is 6.36. The number of aryl methyl sites for hydroxylation is 1. The number of hydrogen-bond donors (Lipinski definition) is 1. The molecule has 2 rings (SSSR count). The summed E-state index contributed by atoms with van der Waals surface area (Å²) in [4.78, 5) is 2.61. The molecule has 4 heteroatoms. The lowest BCUT2D eigenvalue weighted by molar-refractivity contribution is 0.310. The third kappa shape index (κ3) is 3.96. The van der Waals surface area contributed by atoms with Crippen LogP contribution in [0.5, 0.6) is 5.75 Å². The number of halogens is 1. The van der Waals surface area contributed by atoms with Gasteiger partial charge in [-0.15, -0.1) is 11.3 Å². The van der Waals surface area contributed by atoms with E-state index in [0.717, 1.165) is 24.3 Å². The van der Waals surface area contributed by atoms with Gasteiger partial charge in [0.15, 0.2) is 0 Å². The van der Waals surface area contributed by atoms with E-state index >= 15 is 0 Å². The first-order valence-corrected chi connectivity index (χ1v) is 7.55. The summed E-state index contributed by atoms with van der Waals surface area (Å²) in [5.41, 5.74) is 1.16. The van der Waals surface area contributed by atoms with E-state index in [1.807, 2.05) is 25.2 Å². The van der Waals surface area contributed by atoms with Crippen molar-refractivity contribution < 1.29 is 4.74 Å². The van der Waals surface area contributed by atoms with Crippen molar-refractivity contribution in [3.05, 3.63) is 50.7 Å². The Kier molecular flexibility index (Phi) is 5.25. The number of thiophene rings is 1. The summed E-state index contributed by atoms with van der Waals surface area (Å²) in [6.07, 6.45) is 1.07. The van der Waals surface area contributed by atoms with Crippen molar-refractivity contribution in [2.24, 2.45) is 0 Å². The Morgan fingerprint density at radius 2 is 2.00 bits per heavy atom. The maximum absolute atomic E-state index is 6.21. The lowest BCUT2D eigenvalue weighted by Gasteiger charge is -2.08. The first-order chi connectivity index (χ1) is 9.22. The fourth-order valence-corrected chi connectivity index (χ4v) is 2.94. The van der Waals surface area contributed by atoms with Gasteiger partial charge in [-0.25, -0.2) is 0 Å². The smallest absolute Gasteiger partial charge is 0.138 e. The highest BCUT2D eigenvalue weighted by atomic mass is 35.5. The number of hydrogen-bond acceptors (Lipinski definition) is 3. The fourth-order valence-electron chi connectivity index (χ4n) is 1.81. The molecule has 1 aromatic heterocycles. The maximum atomic E-state index is 6.21. The molecule has 1 N–H and O–H groups in total. The van der Waals surface area contributed by atoms with Crippen molar-refractivity contribution >= 4 is 22.9 Å². The van der Waals surface area contributed by atoms with E-state index in [9.17, 15) is 0 Å². The minimum Gasteiger partial charge on any atom is -0.487 e. The zero-order valence-electron chi connectivity index (χ0n) is 11.2. The molecule has 0 amide bonds. The van der Waals surface area contributed by atoms with Gasteiger partial charge in [0, 0.05) is 16.3 Å². The number of ether oxygens (including phenoxy) is 1. The monoisotopic (exact) mass is 295 g/mol. The number of rotatable bonds is 6. The van der Waals surface area contributed by atoms with Crippen LogP contribution in [-0.2, 0) is 19.6 Å². The second-order valence-corrected chi connectivity index (χ2v) is 5.97. The minimum absolute atomic E-state index is 0.579. The lowest BCUT2D eigenvalue weighted by atomic mass is 10.2. The summed E-state index contributed by atoms with van der Waals surface area (Å²) in [6, 6.07) is 10.2. The van der Waals surface area contributed by atoms with Crippen molar-refractivity contribution in [2.75, 3.05) is 7.05 Å². The molecule has 0 saturated heterocycles. The summed E-state index contributed by atoms with van der Waals surface area (Å²) in [6.45, 7) is 3.55. The number of benzene rings is 1. The number of nitrogens with one attached hydrogen (secondary N) is 1.